The van der Waals surface area contributed by atoms with E-state index < -0.39 is 0 Å². The van der Waals surface area contributed by atoms with Crippen LogP contribution in [-0.4, -0.2) is 0 Å². The predicted octanol–water partition coefficient (Wildman–Crippen LogP) is 6.63. The molecule has 0 aromatic carbocycles. The Kier molecular flexibility index (Phi) is 16.0. The number of unbranched alkanes of at least 4 members (excludes halogenated alkanes) is 11. The van der Waals surface area contributed by atoms with E-state index >= 15 is 0 Å². The molecule has 0 saturated carbocycles. The quantitative estimate of drug-likeness (QED) is 0.239. The first-order valence-corrected chi connectivity index (χ1v) is 7.97. The van der Waals surface area contributed by atoms with Crippen LogP contribution in [0.2, 0.25) is 0 Å². The van der Waals surface area contributed by atoms with Gasteiger partial charge in [-0.3, -0.25) is 0 Å². The van der Waals surface area contributed by atoms with Gasteiger partial charge in [0.1, 0.15) is 0 Å². The topological polar surface area (TPSA) is 0 Å². The summed E-state index contributed by atoms with van der Waals surface area (Å²) in [4.78, 5) is 0. The largest absolute Gasteiger partial charge is 0.103 e. The van der Waals surface area contributed by atoms with Gasteiger partial charge in [-0.15, -0.1) is 6.58 Å². The van der Waals surface area contributed by atoms with Crippen LogP contribution >= 0.6 is 0 Å². The van der Waals surface area contributed by atoms with Gasteiger partial charge in [0, 0.05) is 0 Å². The lowest BCUT2D eigenvalue weighted by Gasteiger charge is -2.00. The van der Waals surface area contributed by atoms with Crippen LogP contribution in [0.15, 0.2) is 24.8 Å². The summed E-state index contributed by atoms with van der Waals surface area (Å²) in [6.07, 6.45) is 23.9. The zero-order chi connectivity index (χ0) is 13.3. The minimum atomic E-state index is 1.11. The zero-order valence-electron chi connectivity index (χ0n) is 12.3. The second-order valence-electron chi connectivity index (χ2n) is 5.16. The highest BCUT2D eigenvalue weighted by molar-refractivity contribution is 4.82. The van der Waals surface area contributed by atoms with Gasteiger partial charge >= 0.3 is 0 Å². The minimum absolute atomic E-state index is 1.11. The van der Waals surface area contributed by atoms with Crippen molar-refractivity contribution >= 4 is 0 Å². The summed E-state index contributed by atoms with van der Waals surface area (Å²) in [6, 6.07) is 0. The van der Waals surface area contributed by atoms with Crippen molar-refractivity contribution in [1.82, 2.24) is 0 Å². The fraction of sp³-hybridized carbons (Fsp3) is 0.722. The van der Waals surface area contributed by atoms with E-state index in [1.807, 2.05) is 6.08 Å². The third-order valence-electron chi connectivity index (χ3n) is 3.32. The van der Waals surface area contributed by atoms with Gasteiger partial charge in [-0.1, -0.05) is 76.5 Å². The summed E-state index contributed by atoms with van der Waals surface area (Å²) >= 11 is 0. The molecule has 0 aliphatic carbocycles. The molecule has 1 radical (unpaired) electrons. The third-order valence-corrected chi connectivity index (χ3v) is 3.32. The van der Waals surface area contributed by atoms with E-state index in [0.29, 0.717) is 0 Å². The van der Waals surface area contributed by atoms with Crippen LogP contribution in [0.5, 0.6) is 0 Å². The highest BCUT2D eigenvalue weighted by Crippen LogP contribution is 2.10. The number of hydrogen-bond donors (Lipinski definition) is 0. The SMILES string of the molecule is [CH2]CCCCCCCCCCC=CCCCC=C. The molecule has 0 heteroatoms. The van der Waals surface area contributed by atoms with Gasteiger partial charge < -0.3 is 0 Å². The van der Waals surface area contributed by atoms with Gasteiger partial charge in [0.2, 0.25) is 0 Å². The van der Waals surface area contributed by atoms with Crippen molar-refractivity contribution in [3.8, 4) is 0 Å². The van der Waals surface area contributed by atoms with Crippen molar-refractivity contribution in [2.45, 2.75) is 83.5 Å². The van der Waals surface area contributed by atoms with Crippen molar-refractivity contribution in [3.05, 3.63) is 31.7 Å². The smallest absolute Gasteiger partial charge is 0.0348 e. The van der Waals surface area contributed by atoms with E-state index in [1.54, 1.807) is 0 Å². The summed E-state index contributed by atoms with van der Waals surface area (Å²) in [5, 5.41) is 0. The van der Waals surface area contributed by atoms with E-state index in [4.69, 9.17) is 0 Å². The molecule has 0 spiro atoms. The normalized spacial score (nSPS) is 11.2. The molecule has 0 bridgehead atoms. The average molecular weight is 249 g/mol. The van der Waals surface area contributed by atoms with Gasteiger partial charge in [0.15, 0.2) is 0 Å². The summed E-state index contributed by atoms with van der Waals surface area (Å²) in [5.41, 5.74) is 0. The van der Waals surface area contributed by atoms with Gasteiger partial charge in [0.25, 0.3) is 0 Å². The van der Waals surface area contributed by atoms with Gasteiger partial charge in [-0.2, -0.15) is 0 Å². The Morgan fingerprint density at radius 3 is 1.61 bits per heavy atom. The minimum Gasteiger partial charge on any atom is -0.103 e. The second-order valence-corrected chi connectivity index (χ2v) is 5.16. The molecule has 0 fully saturated rings. The molecule has 0 aliphatic heterocycles. The maximum Gasteiger partial charge on any atom is -0.0348 e. The van der Waals surface area contributed by atoms with Crippen molar-refractivity contribution in [2.75, 3.05) is 0 Å². The molecule has 0 aliphatic rings. The summed E-state index contributed by atoms with van der Waals surface area (Å²) < 4.78 is 0. The third kappa shape index (κ3) is 15.5. The van der Waals surface area contributed by atoms with Crippen LogP contribution in [0.1, 0.15) is 83.5 Å². The molecular weight excluding hydrogens is 216 g/mol. The molecule has 0 unspecified atom stereocenters. The first-order chi connectivity index (χ1) is 8.91. The number of hydrogen-bond acceptors (Lipinski definition) is 0. The lowest BCUT2D eigenvalue weighted by molar-refractivity contribution is 0.571. The van der Waals surface area contributed by atoms with Gasteiger partial charge in [0.05, 0.1) is 0 Å². The fourth-order valence-electron chi connectivity index (χ4n) is 2.12. The maximum atomic E-state index is 3.87. The van der Waals surface area contributed by atoms with E-state index in [0.717, 1.165) is 12.8 Å². The van der Waals surface area contributed by atoms with Crippen LogP contribution in [0.3, 0.4) is 0 Å². The lowest BCUT2D eigenvalue weighted by atomic mass is 10.1. The standard InChI is InChI=1S/C18H33/c1-3-5-7-9-11-13-15-17-18-16-14-12-10-8-6-4-2/h3,11,13H,1-2,4-10,12,14-18H2. The van der Waals surface area contributed by atoms with Crippen LogP contribution < -0.4 is 0 Å². The Bertz CT molecular complexity index is 178. The second kappa shape index (κ2) is 16.5. The molecule has 0 amide bonds. The van der Waals surface area contributed by atoms with Crippen LogP contribution in [0.25, 0.3) is 0 Å². The van der Waals surface area contributed by atoms with Crippen LogP contribution in [0, 0.1) is 6.92 Å². The fourth-order valence-corrected chi connectivity index (χ4v) is 2.12. The monoisotopic (exact) mass is 249 g/mol. The molecule has 0 atom stereocenters. The molecule has 0 heterocycles. The lowest BCUT2D eigenvalue weighted by Crippen LogP contribution is -1.80. The summed E-state index contributed by atoms with van der Waals surface area (Å²) in [6.45, 7) is 7.61. The Balaban J connectivity index is 3.00. The first kappa shape index (κ1) is 17.5. The Labute approximate surface area is 116 Å². The Hall–Kier alpha value is -0.520. The molecular formula is C18H33. The number of rotatable bonds is 14. The van der Waals surface area contributed by atoms with E-state index in [1.165, 1.54) is 70.6 Å². The van der Waals surface area contributed by atoms with Crippen molar-refractivity contribution in [2.24, 2.45) is 0 Å². The predicted molar refractivity (Wildman–Crippen MR) is 84.7 cm³/mol. The average Bonchev–Trinajstić information content (AvgIpc) is 2.39. The zero-order valence-corrected chi connectivity index (χ0v) is 12.3. The highest BCUT2D eigenvalue weighted by atomic mass is 14.0. The summed E-state index contributed by atoms with van der Waals surface area (Å²) in [7, 11) is 0. The van der Waals surface area contributed by atoms with Crippen molar-refractivity contribution in [1.29, 1.82) is 0 Å². The van der Waals surface area contributed by atoms with Crippen molar-refractivity contribution in [3.63, 3.8) is 0 Å². The molecule has 0 rings (SSSR count). The molecule has 0 aromatic heterocycles. The Morgan fingerprint density at radius 2 is 1.06 bits per heavy atom. The summed E-state index contributed by atoms with van der Waals surface area (Å²) in [5.74, 6) is 0. The Morgan fingerprint density at radius 1 is 0.556 bits per heavy atom. The first-order valence-electron chi connectivity index (χ1n) is 7.97. The highest BCUT2D eigenvalue weighted by Gasteiger charge is 1.91. The van der Waals surface area contributed by atoms with Crippen LogP contribution in [0.4, 0.5) is 0 Å². The molecule has 0 aromatic rings. The van der Waals surface area contributed by atoms with E-state index in [9.17, 15) is 0 Å². The number of allylic oxidation sites excluding steroid dienone is 3. The molecule has 0 saturated heterocycles. The molecule has 105 valence electrons. The van der Waals surface area contributed by atoms with Gasteiger partial charge in [-0.25, -0.2) is 0 Å². The van der Waals surface area contributed by atoms with Crippen LogP contribution in [-0.2, 0) is 0 Å². The van der Waals surface area contributed by atoms with E-state index in [-0.39, 0.29) is 0 Å². The maximum absolute atomic E-state index is 3.87. The van der Waals surface area contributed by atoms with Crippen molar-refractivity contribution < 1.29 is 0 Å². The van der Waals surface area contributed by atoms with Gasteiger partial charge in [-0.05, 0) is 32.1 Å². The van der Waals surface area contributed by atoms with E-state index in [2.05, 4.69) is 25.7 Å². The molecule has 0 nitrogen and oxygen atoms in total. The molecule has 18 heavy (non-hydrogen) atoms. The molecule has 0 N–H and O–H groups in total.